The summed E-state index contributed by atoms with van der Waals surface area (Å²) in [5.41, 5.74) is 11.1. The lowest BCUT2D eigenvalue weighted by molar-refractivity contribution is -0.119. The van der Waals surface area contributed by atoms with E-state index in [1.54, 1.807) is 6.07 Å². The van der Waals surface area contributed by atoms with Gasteiger partial charge in [-0.25, -0.2) is 0 Å². The molecule has 2 aromatic carbocycles. The van der Waals surface area contributed by atoms with Crippen LogP contribution in [-0.4, -0.2) is 15.6 Å². The molecule has 4 heteroatoms. The van der Waals surface area contributed by atoms with Crippen molar-refractivity contribution in [2.45, 2.75) is 38.6 Å². The highest BCUT2D eigenvalue weighted by molar-refractivity contribution is 5.98. The Balaban J connectivity index is 2.02. The summed E-state index contributed by atoms with van der Waals surface area (Å²) in [5.74, 6) is -0.395. The summed E-state index contributed by atoms with van der Waals surface area (Å²) in [4.78, 5) is 12.1. The van der Waals surface area contributed by atoms with E-state index in [-0.39, 0.29) is 17.6 Å². The fourth-order valence-electron chi connectivity index (χ4n) is 4.21. The molecule has 3 N–H and O–H groups in total. The van der Waals surface area contributed by atoms with Gasteiger partial charge in [-0.1, -0.05) is 36.4 Å². The van der Waals surface area contributed by atoms with Gasteiger partial charge in [-0.2, -0.15) is 0 Å². The quantitative estimate of drug-likeness (QED) is 0.768. The first-order chi connectivity index (χ1) is 12.1. The Labute approximate surface area is 146 Å². The van der Waals surface area contributed by atoms with E-state index < -0.39 is 0 Å². The van der Waals surface area contributed by atoms with Crippen molar-refractivity contribution in [2.75, 3.05) is 0 Å². The van der Waals surface area contributed by atoms with Gasteiger partial charge in [0, 0.05) is 17.6 Å². The van der Waals surface area contributed by atoms with Gasteiger partial charge in [-0.3, -0.25) is 4.79 Å². The van der Waals surface area contributed by atoms with E-state index in [0.29, 0.717) is 0 Å². The number of benzene rings is 2. The van der Waals surface area contributed by atoms with Gasteiger partial charge < -0.3 is 15.4 Å². The Kier molecular flexibility index (Phi) is 3.75. The molecule has 3 aromatic rings. The number of nitrogens with zero attached hydrogens (tertiary/aromatic N) is 1. The number of hydrogen-bond acceptors (Lipinski definition) is 2. The van der Waals surface area contributed by atoms with Crippen LogP contribution in [0, 0.1) is 6.92 Å². The summed E-state index contributed by atoms with van der Waals surface area (Å²) in [6.45, 7) is 2.77. The van der Waals surface area contributed by atoms with E-state index in [1.807, 2.05) is 31.2 Å². The number of phenols is 1. The molecule has 0 saturated heterocycles. The molecule has 1 unspecified atom stereocenters. The summed E-state index contributed by atoms with van der Waals surface area (Å²) in [6.07, 6.45) is 2.59. The van der Waals surface area contributed by atoms with Gasteiger partial charge in [-0.15, -0.1) is 0 Å². The van der Waals surface area contributed by atoms with Gasteiger partial charge in [0.2, 0.25) is 5.91 Å². The van der Waals surface area contributed by atoms with E-state index in [9.17, 15) is 9.90 Å². The molecule has 25 heavy (non-hydrogen) atoms. The van der Waals surface area contributed by atoms with Crippen LogP contribution in [0.1, 0.15) is 41.1 Å². The number of hydrogen-bond donors (Lipinski definition) is 2. The average Bonchev–Trinajstić information content (AvgIpc) is 2.95. The molecule has 1 aliphatic rings. The maximum absolute atomic E-state index is 12.1. The molecular formula is C21H22N2O2. The van der Waals surface area contributed by atoms with Crippen molar-refractivity contribution < 1.29 is 9.90 Å². The molecule has 128 valence electrons. The number of nitrogens with two attached hydrogens (primary N) is 1. The molecule has 4 rings (SSSR count). The van der Waals surface area contributed by atoms with Crippen molar-refractivity contribution >= 4 is 16.8 Å². The minimum absolute atomic E-state index is 0.233. The normalized spacial score (nSPS) is 16.8. The lowest BCUT2D eigenvalue weighted by atomic mass is 9.84. The standard InChI is InChI=1S/C21H22N2O2/c1-13-10-11-17(24)19-18-15(21(22)25)8-5-9-16(18)23(20(13)19)12-14-6-3-2-4-7-14/h2-4,6-7,10-11,15,24H,5,8-9,12H2,1H3,(H2,22,25). The predicted molar refractivity (Wildman–Crippen MR) is 98.8 cm³/mol. The summed E-state index contributed by atoms with van der Waals surface area (Å²) < 4.78 is 2.27. The molecule has 0 radical (unpaired) electrons. The molecular weight excluding hydrogens is 312 g/mol. The number of fused-ring (bicyclic) bond motifs is 3. The molecule has 0 aliphatic heterocycles. The van der Waals surface area contributed by atoms with E-state index in [0.717, 1.165) is 53.5 Å². The molecule has 4 nitrogen and oxygen atoms in total. The number of primary amides is 1. The highest BCUT2D eigenvalue weighted by atomic mass is 16.3. The highest BCUT2D eigenvalue weighted by Crippen LogP contribution is 2.43. The largest absolute Gasteiger partial charge is 0.507 e. The lowest BCUT2D eigenvalue weighted by Gasteiger charge is -2.22. The number of rotatable bonds is 3. The van der Waals surface area contributed by atoms with Crippen LogP contribution in [0.5, 0.6) is 5.75 Å². The zero-order valence-electron chi connectivity index (χ0n) is 14.3. The maximum atomic E-state index is 12.1. The Morgan fingerprint density at radius 3 is 2.72 bits per heavy atom. The molecule has 0 saturated carbocycles. The molecule has 1 atom stereocenters. The predicted octanol–water partition coefficient (Wildman–Crippen LogP) is 3.61. The topological polar surface area (TPSA) is 68.2 Å². The fourth-order valence-corrected chi connectivity index (χ4v) is 4.21. The van der Waals surface area contributed by atoms with Gasteiger partial charge in [0.05, 0.1) is 11.4 Å². The van der Waals surface area contributed by atoms with Gasteiger partial charge in [0.25, 0.3) is 0 Å². The highest BCUT2D eigenvalue weighted by Gasteiger charge is 2.32. The van der Waals surface area contributed by atoms with Crippen LogP contribution in [0.4, 0.5) is 0 Å². The van der Waals surface area contributed by atoms with Gasteiger partial charge in [0.15, 0.2) is 0 Å². The zero-order valence-corrected chi connectivity index (χ0v) is 14.3. The van der Waals surface area contributed by atoms with Gasteiger partial charge >= 0.3 is 0 Å². The van der Waals surface area contributed by atoms with Crippen molar-refractivity contribution in [3.63, 3.8) is 0 Å². The second-order valence-corrected chi connectivity index (χ2v) is 6.90. The summed E-state index contributed by atoms with van der Waals surface area (Å²) >= 11 is 0. The molecule has 1 amide bonds. The zero-order chi connectivity index (χ0) is 17.6. The van der Waals surface area contributed by atoms with Crippen molar-refractivity contribution in [1.29, 1.82) is 0 Å². The van der Waals surface area contributed by atoms with Crippen molar-refractivity contribution in [1.82, 2.24) is 4.57 Å². The van der Waals surface area contributed by atoms with Gasteiger partial charge in [-0.05, 0) is 48.9 Å². The number of aryl methyl sites for hydroxylation is 1. The SMILES string of the molecule is Cc1ccc(O)c2c3c(n(Cc4ccccc4)c12)CCCC3C(N)=O. The van der Waals surface area contributed by atoms with E-state index in [2.05, 4.69) is 16.7 Å². The summed E-state index contributed by atoms with van der Waals surface area (Å²) in [7, 11) is 0. The first-order valence-corrected chi connectivity index (χ1v) is 8.74. The summed E-state index contributed by atoms with van der Waals surface area (Å²) in [5, 5.41) is 11.4. The first kappa shape index (κ1) is 15.8. The Morgan fingerprint density at radius 1 is 1.24 bits per heavy atom. The summed E-state index contributed by atoms with van der Waals surface area (Å²) in [6, 6.07) is 13.9. The van der Waals surface area contributed by atoms with E-state index >= 15 is 0 Å². The molecule has 1 heterocycles. The van der Waals surface area contributed by atoms with E-state index in [4.69, 9.17) is 5.73 Å². The number of carbonyl (C=O) groups is 1. The van der Waals surface area contributed by atoms with Crippen molar-refractivity contribution in [3.05, 3.63) is 64.8 Å². The van der Waals surface area contributed by atoms with Crippen LogP contribution in [0.15, 0.2) is 42.5 Å². The molecule has 1 aliphatic carbocycles. The third-order valence-corrected chi connectivity index (χ3v) is 5.32. The maximum Gasteiger partial charge on any atom is 0.225 e. The number of aromatic nitrogens is 1. The number of phenolic OH excluding ortho intramolecular Hbond substituents is 1. The first-order valence-electron chi connectivity index (χ1n) is 8.74. The van der Waals surface area contributed by atoms with Crippen LogP contribution in [0.25, 0.3) is 10.9 Å². The monoisotopic (exact) mass is 334 g/mol. The second kappa shape index (κ2) is 5.96. The Hall–Kier alpha value is -2.75. The van der Waals surface area contributed by atoms with E-state index in [1.165, 1.54) is 5.56 Å². The Bertz CT molecular complexity index is 957. The molecule has 0 bridgehead atoms. The third kappa shape index (κ3) is 2.49. The Morgan fingerprint density at radius 2 is 2.00 bits per heavy atom. The fraction of sp³-hybridized carbons (Fsp3) is 0.286. The van der Waals surface area contributed by atoms with Crippen LogP contribution < -0.4 is 5.73 Å². The number of carbonyl (C=O) groups excluding carboxylic acids is 1. The van der Waals surface area contributed by atoms with Gasteiger partial charge in [0.1, 0.15) is 5.75 Å². The molecule has 0 spiro atoms. The third-order valence-electron chi connectivity index (χ3n) is 5.32. The number of aromatic hydroxyl groups is 1. The number of amides is 1. The van der Waals surface area contributed by atoms with Crippen molar-refractivity contribution in [2.24, 2.45) is 5.73 Å². The smallest absolute Gasteiger partial charge is 0.225 e. The van der Waals surface area contributed by atoms with Crippen LogP contribution in [-0.2, 0) is 17.8 Å². The minimum Gasteiger partial charge on any atom is -0.507 e. The van der Waals surface area contributed by atoms with Crippen molar-refractivity contribution in [3.8, 4) is 5.75 Å². The lowest BCUT2D eigenvalue weighted by Crippen LogP contribution is -2.25. The molecule has 1 aromatic heterocycles. The molecule has 0 fully saturated rings. The van der Waals surface area contributed by atoms with Crippen LogP contribution in [0.2, 0.25) is 0 Å². The second-order valence-electron chi connectivity index (χ2n) is 6.90. The minimum atomic E-state index is -0.323. The van der Waals surface area contributed by atoms with Crippen LogP contribution >= 0.6 is 0 Å². The van der Waals surface area contributed by atoms with Crippen LogP contribution in [0.3, 0.4) is 0 Å². The average molecular weight is 334 g/mol.